The summed E-state index contributed by atoms with van der Waals surface area (Å²) in [6.45, 7) is 0. The van der Waals surface area contributed by atoms with Crippen LogP contribution in [0.2, 0.25) is 0 Å². The molecule has 0 saturated carbocycles. The predicted octanol–water partition coefficient (Wildman–Crippen LogP) is 3.73. The Bertz CT molecular complexity index is 289. The summed E-state index contributed by atoms with van der Waals surface area (Å²) in [7, 11) is 4.76. The van der Waals surface area contributed by atoms with Gasteiger partial charge in [0.1, 0.15) is 0 Å². The van der Waals surface area contributed by atoms with Crippen molar-refractivity contribution in [3.05, 3.63) is 6.42 Å². The van der Waals surface area contributed by atoms with Crippen molar-refractivity contribution in [2.75, 3.05) is 0 Å². The molecule has 0 fully saturated rings. The second-order valence-electron chi connectivity index (χ2n) is 2.35. The molecule has 0 N–H and O–H groups in total. The van der Waals surface area contributed by atoms with Crippen molar-refractivity contribution in [2.45, 2.75) is 23.9 Å². The molecule has 0 amide bonds. The van der Waals surface area contributed by atoms with Crippen molar-refractivity contribution in [2.24, 2.45) is 0 Å². The van der Waals surface area contributed by atoms with Crippen LogP contribution in [0.5, 0.6) is 0 Å². The van der Waals surface area contributed by atoms with Gasteiger partial charge in [0.25, 0.3) is 0 Å². The Kier molecular flexibility index (Phi) is 6.38. The Labute approximate surface area is 103 Å². The Morgan fingerprint density at radius 2 is 1.06 bits per heavy atom. The van der Waals surface area contributed by atoms with Gasteiger partial charge in [-0.25, -0.2) is 0 Å². The number of rotatable bonds is 2. The molecule has 0 aromatic heterocycles. The molecule has 11 heteroatoms. The quantitative estimate of drug-likeness (QED) is 0.310. The van der Waals surface area contributed by atoms with E-state index in [-0.39, 0.29) is 5.92 Å². The zero-order valence-electron chi connectivity index (χ0n) is 7.49. The predicted molar refractivity (Wildman–Crippen MR) is 33.9 cm³/mol. The number of halogens is 10. The number of hydrogen-bond donors (Lipinski definition) is 0. The SMILES string of the molecule is [C-]#CC(F)(F)C(F)(F)C(F)(F)C(F)(F)F.[Cl][Zn+]. The summed E-state index contributed by atoms with van der Waals surface area (Å²) in [6, 6.07) is 0. The van der Waals surface area contributed by atoms with Crippen molar-refractivity contribution >= 4 is 9.69 Å². The van der Waals surface area contributed by atoms with E-state index in [0.29, 0.717) is 0 Å². The van der Waals surface area contributed by atoms with E-state index in [1.54, 1.807) is 0 Å². The Morgan fingerprint density at radius 1 is 0.765 bits per heavy atom. The molecule has 96 valence electrons. The first-order chi connectivity index (χ1) is 7.31. The summed E-state index contributed by atoms with van der Waals surface area (Å²) in [5.74, 6) is -20.1. The van der Waals surface area contributed by atoms with Gasteiger partial charge in [0, 0.05) is 0 Å². The molecule has 0 spiro atoms. The van der Waals surface area contributed by atoms with Crippen LogP contribution in [-0.4, -0.2) is 23.9 Å². The van der Waals surface area contributed by atoms with E-state index in [1.165, 1.54) is 0 Å². The summed E-state index contributed by atoms with van der Waals surface area (Å²) in [5.41, 5.74) is 0. The van der Waals surface area contributed by atoms with Gasteiger partial charge in [0.2, 0.25) is 0 Å². The van der Waals surface area contributed by atoms with E-state index >= 15 is 0 Å². The normalized spacial score (nSPS) is 13.6. The van der Waals surface area contributed by atoms with E-state index in [9.17, 15) is 39.5 Å². The molecule has 0 aliphatic rings. The molecule has 17 heavy (non-hydrogen) atoms. The average Bonchev–Trinajstić information content (AvgIpc) is 2.18. The summed E-state index contributed by atoms with van der Waals surface area (Å²) >= 11 is 0.847. The topological polar surface area (TPSA) is 0 Å². The van der Waals surface area contributed by atoms with Crippen LogP contribution in [0.15, 0.2) is 0 Å². The molecular formula is C6ClF9Zn. The van der Waals surface area contributed by atoms with E-state index in [1.807, 2.05) is 0 Å². The Balaban J connectivity index is 0. The summed E-state index contributed by atoms with van der Waals surface area (Å²) in [5, 5.41) is 0. The maximum absolute atomic E-state index is 12.1. The molecule has 0 atom stereocenters. The van der Waals surface area contributed by atoms with Gasteiger partial charge in [-0.05, 0) is 0 Å². The summed E-state index contributed by atoms with van der Waals surface area (Å²) in [6.07, 6.45) is -1.29. The molecule has 0 aliphatic carbocycles. The van der Waals surface area contributed by atoms with Gasteiger partial charge < -0.3 is 6.42 Å². The third-order valence-corrected chi connectivity index (χ3v) is 1.30. The van der Waals surface area contributed by atoms with Crippen LogP contribution in [0, 0.1) is 12.3 Å². The fourth-order valence-corrected chi connectivity index (χ4v) is 0.454. The standard InChI is InChI=1S/C6F9.ClH.Zn/c1-2-3(7,8)4(9,10)5(11,12)6(13,14)15;;/h;1H;/q-1;;+2/p-1. The van der Waals surface area contributed by atoms with Gasteiger partial charge in [0.05, 0.1) is 0 Å². The molecule has 0 heterocycles. The van der Waals surface area contributed by atoms with E-state index in [2.05, 4.69) is 0 Å². The summed E-state index contributed by atoms with van der Waals surface area (Å²) in [4.78, 5) is 0. The minimum atomic E-state index is -6.95. The first kappa shape index (κ1) is 19.2. The molecule has 0 nitrogen and oxygen atoms in total. The van der Waals surface area contributed by atoms with Crippen molar-refractivity contribution in [3.63, 3.8) is 0 Å². The van der Waals surface area contributed by atoms with Crippen LogP contribution in [0.4, 0.5) is 39.5 Å². The van der Waals surface area contributed by atoms with Crippen LogP contribution in [-0.2, 0) is 17.3 Å². The van der Waals surface area contributed by atoms with E-state index < -0.39 is 23.9 Å². The van der Waals surface area contributed by atoms with Crippen LogP contribution >= 0.6 is 9.69 Å². The molecule has 0 unspecified atom stereocenters. The fraction of sp³-hybridized carbons (Fsp3) is 0.667. The third kappa shape index (κ3) is 3.41. The third-order valence-electron chi connectivity index (χ3n) is 1.30. The molecule has 0 aromatic carbocycles. The van der Waals surface area contributed by atoms with Gasteiger partial charge in [-0.15, -0.1) is 0 Å². The van der Waals surface area contributed by atoms with Crippen LogP contribution in [0.1, 0.15) is 0 Å². The monoisotopic (exact) mass is 342 g/mol. The Morgan fingerprint density at radius 3 is 1.24 bits per heavy atom. The molecule has 0 aliphatic heterocycles. The van der Waals surface area contributed by atoms with Gasteiger partial charge in [0.15, 0.2) is 0 Å². The number of alkyl halides is 9. The zero-order valence-corrected chi connectivity index (χ0v) is 11.2. The second-order valence-corrected chi connectivity index (χ2v) is 2.35. The Hall–Kier alpha value is -0.157. The van der Waals surface area contributed by atoms with E-state index in [4.69, 9.17) is 16.1 Å². The molecule has 0 rings (SSSR count). The minimum absolute atomic E-state index is 0.354. The van der Waals surface area contributed by atoms with Crippen molar-refractivity contribution in [1.82, 2.24) is 0 Å². The van der Waals surface area contributed by atoms with Crippen LogP contribution < -0.4 is 0 Å². The van der Waals surface area contributed by atoms with Crippen LogP contribution in [0.3, 0.4) is 0 Å². The van der Waals surface area contributed by atoms with Crippen LogP contribution in [0.25, 0.3) is 0 Å². The molecule has 0 aromatic rings. The van der Waals surface area contributed by atoms with Gasteiger partial charge in [-0.2, -0.15) is 39.5 Å². The molecule has 0 bridgehead atoms. The molecule has 0 saturated heterocycles. The van der Waals surface area contributed by atoms with Crippen molar-refractivity contribution < 1.29 is 56.8 Å². The molecular weight excluding hydrogens is 344 g/mol. The first-order valence-corrected chi connectivity index (χ1v) is 7.12. The van der Waals surface area contributed by atoms with Gasteiger partial charge >= 0.3 is 50.9 Å². The average molecular weight is 344 g/mol. The van der Waals surface area contributed by atoms with Crippen molar-refractivity contribution in [1.29, 1.82) is 0 Å². The number of hydrogen-bond acceptors (Lipinski definition) is 0. The van der Waals surface area contributed by atoms with Crippen molar-refractivity contribution in [3.8, 4) is 5.92 Å². The summed E-state index contributed by atoms with van der Waals surface area (Å²) < 4.78 is 106. The maximum atomic E-state index is 12.1. The van der Waals surface area contributed by atoms with E-state index in [0.717, 1.165) is 17.3 Å². The first-order valence-electron chi connectivity index (χ1n) is 3.22. The molecule has 0 radical (unpaired) electrons. The zero-order chi connectivity index (χ0) is 14.7. The van der Waals surface area contributed by atoms with Gasteiger partial charge in [-0.1, -0.05) is 0 Å². The second kappa shape index (κ2) is 5.66. The van der Waals surface area contributed by atoms with Gasteiger partial charge in [-0.3, -0.25) is 5.92 Å². The fourth-order valence-electron chi connectivity index (χ4n) is 0.454.